The van der Waals surface area contributed by atoms with Crippen molar-refractivity contribution in [2.24, 2.45) is 0 Å². The van der Waals surface area contributed by atoms with Gasteiger partial charge < -0.3 is 0 Å². The Morgan fingerprint density at radius 3 is 2.43 bits per heavy atom. The van der Waals surface area contributed by atoms with Crippen molar-refractivity contribution in [3.8, 4) is 11.3 Å². The Hall–Kier alpha value is -2.14. The van der Waals surface area contributed by atoms with Crippen LogP contribution in [0.3, 0.4) is 0 Å². The van der Waals surface area contributed by atoms with Gasteiger partial charge in [-0.05, 0) is 36.1 Å². The van der Waals surface area contributed by atoms with Gasteiger partial charge in [-0.15, -0.1) is 16.9 Å². The van der Waals surface area contributed by atoms with E-state index in [2.05, 4.69) is 22.4 Å². The van der Waals surface area contributed by atoms with Crippen LogP contribution in [0.4, 0.5) is 4.39 Å². The van der Waals surface area contributed by atoms with Crippen molar-refractivity contribution in [3.63, 3.8) is 0 Å². The molecule has 1 heterocycles. The molecular weight excluding hydrogens is 285 g/mol. The SMILES string of the molecule is CSc1c(-c2ccc(F)cc2)nnn1Cc1ccccc1. The monoisotopic (exact) mass is 299 g/mol. The lowest BCUT2D eigenvalue weighted by molar-refractivity contribution is 0.605. The van der Waals surface area contributed by atoms with E-state index in [0.29, 0.717) is 6.54 Å². The first-order valence-electron chi connectivity index (χ1n) is 6.55. The highest BCUT2D eigenvalue weighted by molar-refractivity contribution is 7.98. The second-order valence-electron chi connectivity index (χ2n) is 4.60. The van der Waals surface area contributed by atoms with Crippen molar-refractivity contribution < 1.29 is 4.39 Å². The number of aromatic nitrogens is 3. The van der Waals surface area contributed by atoms with Crippen LogP contribution in [0.5, 0.6) is 0 Å². The molecule has 3 nitrogen and oxygen atoms in total. The van der Waals surface area contributed by atoms with E-state index >= 15 is 0 Å². The zero-order chi connectivity index (χ0) is 14.7. The van der Waals surface area contributed by atoms with Crippen molar-refractivity contribution in [1.82, 2.24) is 15.0 Å². The van der Waals surface area contributed by atoms with Gasteiger partial charge in [-0.1, -0.05) is 35.5 Å². The highest BCUT2D eigenvalue weighted by atomic mass is 32.2. The molecular formula is C16H14FN3S. The third-order valence-corrected chi connectivity index (χ3v) is 3.97. The number of thioether (sulfide) groups is 1. The minimum atomic E-state index is -0.249. The van der Waals surface area contributed by atoms with Gasteiger partial charge in [0.2, 0.25) is 0 Å². The molecule has 0 aliphatic rings. The number of benzene rings is 2. The van der Waals surface area contributed by atoms with Gasteiger partial charge in [0, 0.05) is 5.56 Å². The second-order valence-corrected chi connectivity index (χ2v) is 5.39. The Bertz CT molecular complexity index is 723. The Balaban J connectivity index is 1.95. The topological polar surface area (TPSA) is 30.7 Å². The summed E-state index contributed by atoms with van der Waals surface area (Å²) in [6, 6.07) is 16.5. The van der Waals surface area contributed by atoms with Crippen molar-refractivity contribution >= 4 is 11.8 Å². The lowest BCUT2D eigenvalue weighted by Gasteiger charge is -2.06. The fourth-order valence-electron chi connectivity index (χ4n) is 2.16. The minimum absolute atomic E-state index is 0.249. The highest BCUT2D eigenvalue weighted by Gasteiger charge is 2.14. The zero-order valence-electron chi connectivity index (χ0n) is 11.5. The predicted octanol–water partition coefficient (Wildman–Crippen LogP) is 3.85. The number of halogens is 1. The maximum atomic E-state index is 13.0. The molecule has 21 heavy (non-hydrogen) atoms. The summed E-state index contributed by atoms with van der Waals surface area (Å²) >= 11 is 1.59. The van der Waals surface area contributed by atoms with Crippen molar-refractivity contribution in [2.75, 3.05) is 6.26 Å². The highest BCUT2D eigenvalue weighted by Crippen LogP contribution is 2.28. The maximum Gasteiger partial charge on any atom is 0.126 e. The normalized spacial score (nSPS) is 10.8. The summed E-state index contributed by atoms with van der Waals surface area (Å²) in [4.78, 5) is 0. The lowest BCUT2D eigenvalue weighted by Crippen LogP contribution is -2.03. The zero-order valence-corrected chi connectivity index (χ0v) is 12.3. The molecule has 0 saturated heterocycles. The summed E-state index contributed by atoms with van der Waals surface area (Å²) in [5.41, 5.74) is 2.84. The van der Waals surface area contributed by atoms with Crippen molar-refractivity contribution in [2.45, 2.75) is 11.6 Å². The first-order valence-corrected chi connectivity index (χ1v) is 7.78. The van der Waals surface area contributed by atoms with Gasteiger partial charge in [-0.2, -0.15) is 0 Å². The molecule has 3 rings (SSSR count). The van der Waals surface area contributed by atoms with E-state index in [1.165, 1.54) is 17.7 Å². The van der Waals surface area contributed by atoms with E-state index in [9.17, 15) is 4.39 Å². The molecule has 0 bridgehead atoms. The standard InChI is InChI=1S/C16H14FN3S/c1-21-16-15(13-7-9-14(17)10-8-13)18-19-20(16)11-12-5-3-2-4-6-12/h2-10H,11H2,1H3. The van der Waals surface area contributed by atoms with E-state index in [-0.39, 0.29) is 5.82 Å². The van der Waals surface area contributed by atoms with Gasteiger partial charge >= 0.3 is 0 Å². The van der Waals surface area contributed by atoms with Gasteiger partial charge in [0.25, 0.3) is 0 Å². The number of hydrogen-bond donors (Lipinski definition) is 0. The molecule has 0 radical (unpaired) electrons. The Morgan fingerprint density at radius 2 is 1.76 bits per heavy atom. The maximum absolute atomic E-state index is 13.0. The van der Waals surface area contributed by atoms with E-state index < -0.39 is 0 Å². The van der Waals surface area contributed by atoms with Crippen LogP contribution in [-0.2, 0) is 6.54 Å². The summed E-state index contributed by atoms with van der Waals surface area (Å²) in [6.45, 7) is 0.672. The predicted molar refractivity (Wildman–Crippen MR) is 82.7 cm³/mol. The molecule has 106 valence electrons. The van der Waals surface area contributed by atoms with E-state index in [0.717, 1.165) is 16.3 Å². The van der Waals surface area contributed by atoms with Crippen LogP contribution in [0.15, 0.2) is 59.6 Å². The summed E-state index contributed by atoms with van der Waals surface area (Å²) in [6.07, 6.45) is 1.99. The van der Waals surface area contributed by atoms with Crippen LogP contribution < -0.4 is 0 Å². The Morgan fingerprint density at radius 1 is 1.05 bits per heavy atom. The first-order chi connectivity index (χ1) is 10.3. The molecule has 0 atom stereocenters. The second kappa shape index (κ2) is 6.10. The molecule has 3 aromatic rings. The number of rotatable bonds is 4. The molecule has 0 saturated carbocycles. The van der Waals surface area contributed by atoms with Crippen LogP contribution in [0.1, 0.15) is 5.56 Å². The average Bonchev–Trinajstić information content (AvgIpc) is 2.92. The van der Waals surface area contributed by atoms with Crippen LogP contribution in [0, 0.1) is 5.82 Å². The van der Waals surface area contributed by atoms with Gasteiger partial charge in [0.1, 0.15) is 16.5 Å². The summed E-state index contributed by atoms with van der Waals surface area (Å²) in [7, 11) is 0. The van der Waals surface area contributed by atoms with Crippen molar-refractivity contribution in [3.05, 3.63) is 66.0 Å². The lowest BCUT2D eigenvalue weighted by atomic mass is 10.2. The fraction of sp³-hybridized carbons (Fsp3) is 0.125. The van der Waals surface area contributed by atoms with Crippen LogP contribution in [0.2, 0.25) is 0 Å². The number of nitrogens with zero attached hydrogens (tertiary/aromatic N) is 3. The average molecular weight is 299 g/mol. The molecule has 0 fully saturated rings. The van der Waals surface area contributed by atoms with Crippen molar-refractivity contribution in [1.29, 1.82) is 0 Å². The number of hydrogen-bond acceptors (Lipinski definition) is 3. The third-order valence-electron chi connectivity index (χ3n) is 3.18. The summed E-state index contributed by atoms with van der Waals surface area (Å²) in [5.74, 6) is -0.249. The van der Waals surface area contributed by atoms with Crippen LogP contribution in [-0.4, -0.2) is 21.2 Å². The molecule has 1 aromatic heterocycles. The van der Waals surface area contributed by atoms with E-state index in [1.807, 2.05) is 29.1 Å². The fourth-order valence-corrected chi connectivity index (χ4v) is 2.82. The largest absolute Gasteiger partial charge is 0.234 e. The molecule has 0 spiro atoms. The quantitative estimate of drug-likeness (QED) is 0.685. The molecule has 0 unspecified atom stereocenters. The van der Waals surface area contributed by atoms with Gasteiger partial charge in [0.05, 0.1) is 6.54 Å². The summed E-state index contributed by atoms with van der Waals surface area (Å²) < 4.78 is 14.9. The first kappa shape index (κ1) is 13.8. The van der Waals surface area contributed by atoms with E-state index in [4.69, 9.17) is 0 Å². The molecule has 0 aliphatic heterocycles. The molecule has 0 N–H and O–H groups in total. The molecule has 2 aromatic carbocycles. The van der Waals surface area contributed by atoms with Gasteiger partial charge in [0.15, 0.2) is 0 Å². The molecule has 5 heteroatoms. The summed E-state index contributed by atoms with van der Waals surface area (Å²) in [5, 5.41) is 9.46. The molecule has 0 aliphatic carbocycles. The Kier molecular flexibility index (Phi) is 4.01. The minimum Gasteiger partial charge on any atom is -0.234 e. The van der Waals surface area contributed by atoms with Crippen LogP contribution in [0.25, 0.3) is 11.3 Å². The van der Waals surface area contributed by atoms with Gasteiger partial charge in [-0.3, -0.25) is 0 Å². The van der Waals surface area contributed by atoms with Crippen LogP contribution >= 0.6 is 11.8 Å². The van der Waals surface area contributed by atoms with E-state index in [1.54, 1.807) is 23.9 Å². The Labute approximate surface area is 126 Å². The third kappa shape index (κ3) is 2.97. The molecule has 0 amide bonds. The van der Waals surface area contributed by atoms with Gasteiger partial charge in [-0.25, -0.2) is 9.07 Å². The smallest absolute Gasteiger partial charge is 0.126 e.